The fourth-order valence-corrected chi connectivity index (χ4v) is 6.38. The molecular weight excluding hydrogens is 464 g/mol. The maximum absolute atomic E-state index is 13.3. The first-order chi connectivity index (χ1) is 18.5. The van der Waals surface area contributed by atoms with Crippen molar-refractivity contribution in [2.75, 3.05) is 13.1 Å². The van der Waals surface area contributed by atoms with Crippen molar-refractivity contribution >= 4 is 6.03 Å². The fourth-order valence-electron chi connectivity index (χ4n) is 6.38. The Labute approximate surface area is 240 Å². The van der Waals surface area contributed by atoms with Gasteiger partial charge < -0.3 is 10.6 Å². The number of nitrogens with one attached hydrogen (secondary N) is 2. The van der Waals surface area contributed by atoms with Crippen molar-refractivity contribution in [2.45, 2.75) is 196 Å². The van der Waals surface area contributed by atoms with Gasteiger partial charge in [-0.2, -0.15) is 0 Å². The van der Waals surface area contributed by atoms with E-state index < -0.39 is 0 Å². The van der Waals surface area contributed by atoms with E-state index in [1.54, 1.807) is 0 Å². The van der Waals surface area contributed by atoms with Gasteiger partial charge in [-0.05, 0) is 49.4 Å². The monoisotopic (exact) mass is 537 g/mol. The maximum atomic E-state index is 13.3. The van der Waals surface area contributed by atoms with Crippen LogP contribution in [0.15, 0.2) is 0 Å². The molecule has 0 bridgehead atoms. The first kappa shape index (κ1) is 37.3. The Balaban J connectivity index is 5.38. The SMILES string of the molecule is CCCCCC(CCCCC)(CCCCC)CNC(=O)NCC(CCCCC)(CCCCC)CCCCC. The topological polar surface area (TPSA) is 41.1 Å². The van der Waals surface area contributed by atoms with Crippen LogP contribution in [0, 0.1) is 10.8 Å². The molecule has 0 aromatic rings. The zero-order chi connectivity index (χ0) is 28.4. The molecule has 0 aliphatic carbocycles. The third-order valence-electron chi connectivity index (χ3n) is 9.11. The molecule has 0 aliphatic heterocycles. The molecule has 0 unspecified atom stereocenters. The van der Waals surface area contributed by atoms with E-state index in [2.05, 4.69) is 52.2 Å². The van der Waals surface area contributed by atoms with Crippen molar-refractivity contribution < 1.29 is 4.79 Å². The predicted octanol–water partition coefficient (Wildman–Crippen LogP) is 11.7. The van der Waals surface area contributed by atoms with E-state index in [0.717, 1.165) is 13.1 Å². The van der Waals surface area contributed by atoms with Gasteiger partial charge in [0.1, 0.15) is 0 Å². The molecule has 0 spiro atoms. The Morgan fingerprint density at radius 1 is 0.395 bits per heavy atom. The first-order valence-electron chi connectivity index (χ1n) is 17.5. The molecule has 0 radical (unpaired) electrons. The van der Waals surface area contributed by atoms with Gasteiger partial charge in [0.15, 0.2) is 0 Å². The summed E-state index contributed by atoms with van der Waals surface area (Å²) in [5, 5.41) is 6.86. The van der Waals surface area contributed by atoms with Gasteiger partial charge in [0.05, 0.1) is 0 Å². The highest BCUT2D eigenvalue weighted by atomic mass is 16.2. The van der Waals surface area contributed by atoms with Crippen LogP contribution in [0.2, 0.25) is 0 Å². The van der Waals surface area contributed by atoms with Crippen molar-refractivity contribution in [2.24, 2.45) is 10.8 Å². The van der Waals surface area contributed by atoms with E-state index in [-0.39, 0.29) is 16.9 Å². The second-order valence-electron chi connectivity index (χ2n) is 12.8. The van der Waals surface area contributed by atoms with E-state index in [1.165, 1.54) is 154 Å². The largest absolute Gasteiger partial charge is 0.338 e. The molecule has 0 aliphatic rings. The van der Waals surface area contributed by atoms with Gasteiger partial charge in [0.2, 0.25) is 0 Å². The van der Waals surface area contributed by atoms with E-state index in [1.807, 2.05) is 0 Å². The number of rotatable bonds is 28. The van der Waals surface area contributed by atoms with Crippen LogP contribution in [0.1, 0.15) is 196 Å². The van der Waals surface area contributed by atoms with Crippen LogP contribution in [-0.2, 0) is 0 Å². The van der Waals surface area contributed by atoms with E-state index in [9.17, 15) is 4.79 Å². The second-order valence-corrected chi connectivity index (χ2v) is 12.8. The number of carbonyl (C=O) groups is 1. The molecule has 0 saturated carbocycles. The van der Waals surface area contributed by atoms with Crippen LogP contribution in [0.5, 0.6) is 0 Å². The van der Waals surface area contributed by atoms with Crippen molar-refractivity contribution in [1.82, 2.24) is 10.6 Å². The summed E-state index contributed by atoms with van der Waals surface area (Å²) in [6.45, 7) is 15.5. The Bertz CT molecular complexity index is 421. The van der Waals surface area contributed by atoms with Crippen molar-refractivity contribution in [3.05, 3.63) is 0 Å². The summed E-state index contributed by atoms with van der Waals surface area (Å²) in [6, 6.07) is 0.0849. The molecule has 2 N–H and O–H groups in total. The number of hydrogen-bond donors (Lipinski definition) is 2. The van der Waals surface area contributed by atoms with Crippen LogP contribution >= 0.6 is 0 Å². The van der Waals surface area contributed by atoms with Crippen LogP contribution in [-0.4, -0.2) is 19.1 Å². The van der Waals surface area contributed by atoms with Crippen LogP contribution in [0.25, 0.3) is 0 Å². The zero-order valence-corrected chi connectivity index (χ0v) is 27.3. The van der Waals surface area contributed by atoms with Crippen molar-refractivity contribution in [1.29, 1.82) is 0 Å². The summed E-state index contributed by atoms with van der Waals surface area (Å²) < 4.78 is 0. The highest BCUT2D eigenvalue weighted by molar-refractivity contribution is 5.73. The molecule has 3 heteroatoms. The molecule has 0 saturated heterocycles. The minimum Gasteiger partial charge on any atom is -0.338 e. The molecule has 0 heterocycles. The molecule has 0 fully saturated rings. The van der Waals surface area contributed by atoms with Gasteiger partial charge >= 0.3 is 6.03 Å². The summed E-state index contributed by atoms with van der Waals surface area (Å²) in [5.41, 5.74) is 0.550. The van der Waals surface area contributed by atoms with Gasteiger partial charge in [-0.3, -0.25) is 0 Å². The summed E-state index contributed by atoms with van der Waals surface area (Å²) >= 11 is 0. The third-order valence-corrected chi connectivity index (χ3v) is 9.11. The van der Waals surface area contributed by atoms with Crippen molar-refractivity contribution in [3.63, 3.8) is 0 Å². The lowest BCUT2D eigenvalue weighted by atomic mass is 9.73. The molecule has 0 aromatic carbocycles. The van der Waals surface area contributed by atoms with Gasteiger partial charge in [-0.25, -0.2) is 4.79 Å². The Hall–Kier alpha value is -0.730. The maximum Gasteiger partial charge on any atom is 0.314 e. The highest BCUT2D eigenvalue weighted by Crippen LogP contribution is 2.38. The summed E-state index contributed by atoms with van der Waals surface area (Å²) in [4.78, 5) is 13.3. The van der Waals surface area contributed by atoms with E-state index in [4.69, 9.17) is 0 Å². The molecule has 0 aromatic heterocycles. The normalized spacial score (nSPS) is 12.2. The number of urea groups is 1. The Morgan fingerprint density at radius 2 is 0.605 bits per heavy atom. The van der Waals surface area contributed by atoms with Gasteiger partial charge in [0, 0.05) is 13.1 Å². The molecule has 38 heavy (non-hydrogen) atoms. The predicted molar refractivity (Wildman–Crippen MR) is 171 cm³/mol. The van der Waals surface area contributed by atoms with Gasteiger partial charge in [0.25, 0.3) is 0 Å². The van der Waals surface area contributed by atoms with E-state index in [0.29, 0.717) is 0 Å². The van der Waals surface area contributed by atoms with Crippen LogP contribution in [0.4, 0.5) is 4.79 Å². The minimum atomic E-state index is 0.0849. The first-order valence-corrected chi connectivity index (χ1v) is 17.5. The smallest absolute Gasteiger partial charge is 0.314 e. The highest BCUT2D eigenvalue weighted by Gasteiger charge is 2.31. The average molecular weight is 537 g/mol. The second kappa shape index (κ2) is 25.3. The molecule has 0 rings (SSSR count). The number of unbranched alkanes of at least 4 members (excludes halogenated alkanes) is 12. The number of carbonyl (C=O) groups excluding carboxylic acids is 1. The standard InChI is InChI=1S/C35H72N2O/c1-7-13-19-25-34(26-20-14-8-2,27-21-15-9-3)31-36-33(38)37-32-35(28-22-16-10-4,29-23-17-11-5)30-24-18-12-6/h7-32H2,1-6H3,(H2,36,37,38). The lowest BCUT2D eigenvalue weighted by molar-refractivity contribution is 0.172. The molecule has 0 atom stereocenters. The minimum absolute atomic E-state index is 0.0849. The lowest BCUT2D eigenvalue weighted by Gasteiger charge is -2.36. The molecule has 2 amide bonds. The van der Waals surface area contributed by atoms with Gasteiger partial charge in [-0.15, -0.1) is 0 Å². The molecule has 3 nitrogen and oxygen atoms in total. The summed E-state index contributed by atoms with van der Waals surface area (Å²) in [5.74, 6) is 0. The molecular formula is C35H72N2O. The quantitative estimate of drug-likeness (QED) is 0.0959. The lowest BCUT2D eigenvalue weighted by Crippen LogP contribution is -2.46. The molecule has 228 valence electrons. The number of hydrogen-bond acceptors (Lipinski definition) is 1. The van der Waals surface area contributed by atoms with Crippen molar-refractivity contribution in [3.8, 4) is 0 Å². The van der Waals surface area contributed by atoms with Crippen LogP contribution in [0.3, 0.4) is 0 Å². The fraction of sp³-hybridized carbons (Fsp3) is 0.971. The average Bonchev–Trinajstić information content (AvgIpc) is 2.91. The Kier molecular flexibility index (Phi) is 24.8. The van der Waals surface area contributed by atoms with Crippen LogP contribution < -0.4 is 10.6 Å². The van der Waals surface area contributed by atoms with Gasteiger partial charge in [-0.1, -0.05) is 157 Å². The van der Waals surface area contributed by atoms with E-state index >= 15 is 0 Å². The summed E-state index contributed by atoms with van der Waals surface area (Å²) in [7, 11) is 0. The Morgan fingerprint density at radius 3 is 0.789 bits per heavy atom. The third kappa shape index (κ3) is 18.5. The summed E-state index contributed by atoms with van der Waals surface area (Å²) in [6.07, 6.45) is 30.9. The zero-order valence-electron chi connectivity index (χ0n) is 27.3. The number of amides is 2.